The minimum absolute atomic E-state index is 0.502. The molecule has 0 amide bonds. The zero-order chi connectivity index (χ0) is 13.1. The first-order valence-electron chi connectivity index (χ1n) is 6.33. The van der Waals surface area contributed by atoms with Gasteiger partial charge in [-0.1, -0.05) is 11.6 Å². The minimum atomic E-state index is 0.502. The highest BCUT2D eigenvalue weighted by atomic mass is 35.5. The summed E-state index contributed by atoms with van der Waals surface area (Å²) in [6.07, 6.45) is 2.55. The smallest absolute Gasteiger partial charge is 0.131 e. The largest absolute Gasteiger partial charge is 0.487 e. The van der Waals surface area contributed by atoms with Crippen molar-refractivity contribution in [3.8, 4) is 5.75 Å². The third kappa shape index (κ3) is 3.69. The van der Waals surface area contributed by atoms with Gasteiger partial charge in [-0.3, -0.25) is 0 Å². The van der Waals surface area contributed by atoms with Gasteiger partial charge in [0.1, 0.15) is 12.4 Å². The van der Waals surface area contributed by atoms with Crippen LogP contribution in [0.2, 0.25) is 5.02 Å². The number of ether oxygens (including phenoxy) is 1. The van der Waals surface area contributed by atoms with Gasteiger partial charge in [0, 0.05) is 28.6 Å². The molecule has 0 bridgehead atoms. The van der Waals surface area contributed by atoms with E-state index in [2.05, 4.69) is 10.3 Å². The second-order valence-corrected chi connectivity index (χ2v) is 5.83. The predicted molar refractivity (Wildman–Crippen MR) is 77.8 cm³/mol. The molecule has 0 unspecified atom stereocenters. The van der Waals surface area contributed by atoms with Gasteiger partial charge in [0.25, 0.3) is 0 Å². The van der Waals surface area contributed by atoms with Gasteiger partial charge < -0.3 is 10.1 Å². The molecule has 1 saturated carbocycles. The summed E-state index contributed by atoms with van der Waals surface area (Å²) < 4.78 is 5.83. The first-order chi connectivity index (χ1) is 9.31. The Morgan fingerprint density at radius 2 is 2.32 bits per heavy atom. The van der Waals surface area contributed by atoms with Gasteiger partial charge in [-0.15, -0.1) is 11.3 Å². The van der Waals surface area contributed by atoms with Gasteiger partial charge >= 0.3 is 0 Å². The first-order valence-corrected chi connectivity index (χ1v) is 7.65. The summed E-state index contributed by atoms with van der Waals surface area (Å²) in [5.41, 5.74) is 3.88. The van der Waals surface area contributed by atoms with Crippen molar-refractivity contribution in [2.45, 2.75) is 32.0 Å². The Morgan fingerprint density at radius 1 is 1.42 bits per heavy atom. The maximum absolute atomic E-state index is 6.05. The molecule has 1 N–H and O–H groups in total. The van der Waals surface area contributed by atoms with Crippen LogP contribution in [0, 0.1) is 0 Å². The van der Waals surface area contributed by atoms with Crippen LogP contribution < -0.4 is 10.1 Å². The highest BCUT2D eigenvalue weighted by molar-refractivity contribution is 7.07. The van der Waals surface area contributed by atoms with Crippen LogP contribution in [-0.4, -0.2) is 11.0 Å². The monoisotopic (exact) mass is 294 g/mol. The topological polar surface area (TPSA) is 34.1 Å². The number of thiazole rings is 1. The molecule has 1 heterocycles. The number of rotatable bonds is 6. The van der Waals surface area contributed by atoms with Crippen molar-refractivity contribution in [1.82, 2.24) is 10.3 Å². The lowest BCUT2D eigenvalue weighted by Crippen LogP contribution is -2.16. The van der Waals surface area contributed by atoms with Crippen LogP contribution in [0.1, 0.15) is 24.1 Å². The summed E-state index contributed by atoms with van der Waals surface area (Å²) in [5, 5.41) is 6.22. The molecule has 0 aliphatic heterocycles. The Kier molecular flexibility index (Phi) is 4.01. The molecular formula is C14H15ClN2OS. The molecule has 0 saturated heterocycles. The summed E-state index contributed by atoms with van der Waals surface area (Å²) in [6.45, 7) is 1.30. The Balaban J connectivity index is 1.67. The van der Waals surface area contributed by atoms with Crippen LogP contribution in [0.4, 0.5) is 0 Å². The zero-order valence-electron chi connectivity index (χ0n) is 10.4. The Morgan fingerprint density at radius 3 is 3.05 bits per heavy atom. The summed E-state index contributed by atoms with van der Waals surface area (Å²) in [7, 11) is 0. The van der Waals surface area contributed by atoms with E-state index in [1.165, 1.54) is 12.8 Å². The van der Waals surface area contributed by atoms with E-state index < -0.39 is 0 Å². The van der Waals surface area contributed by atoms with Gasteiger partial charge in [-0.25, -0.2) is 4.98 Å². The van der Waals surface area contributed by atoms with Gasteiger partial charge in [0.15, 0.2) is 0 Å². The van der Waals surface area contributed by atoms with E-state index in [4.69, 9.17) is 16.3 Å². The molecule has 100 valence electrons. The van der Waals surface area contributed by atoms with E-state index in [-0.39, 0.29) is 0 Å². The quantitative estimate of drug-likeness (QED) is 0.883. The van der Waals surface area contributed by atoms with Crippen LogP contribution in [0.15, 0.2) is 29.1 Å². The lowest BCUT2D eigenvalue weighted by Gasteiger charge is -2.12. The molecule has 1 aromatic heterocycles. The number of hydrogen-bond donors (Lipinski definition) is 1. The lowest BCUT2D eigenvalue weighted by molar-refractivity contribution is 0.298. The molecule has 1 fully saturated rings. The molecule has 0 radical (unpaired) electrons. The van der Waals surface area contributed by atoms with E-state index in [0.29, 0.717) is 12.6 Å². The lowest BCUT2D eigenvalue weighted by atomic mass is 10.2. The zero-order valence-corrected chi connectivity index (χ0v) is 12.0. The summed E-state index contributed by atoms with van der Waals surface area (Å²) >= 11 is 7.63. The Labute approximate surface area is 121 Å². The van der Waals surface area contributed by atoms with Crippen LogP contribution >= 0.6 is 22.9 Å². The fourth-order valence-corrected chi connectivity index (χ4v) is 2.57. The third-order valence-electron chi connectivity index (χ3n) is 3.04. The predicted octanol–water partition coefficient (Wildman–Crippen LogP) is 3.63. The molecule has 3 nitrogen and oxygen atoms in total. The number of nitrogens with zero attached hydrogens (tertiary/aromatic N) is 1. The number of benzene rings is 1. The van der Waals surface area contributed by atoms with Crippen LogP contribution in [0.25, 0.3) is 0 Å². The molecule has 1 aromatic carbocycles. The maximum atomic E-state index is 6.05. The van der Waals surface area contributed by atoms with E-state index in [0.717, 1.165) is 28.6 Å². The van der Waals surface area contributed by atoms with Crippen molar-refractivity contribution in [2.24, 2.45) is 0 Å². The molecule has 1 aliphatic carbocycles. The van der Waals surface area contributed by atoms with Crippen molar-refractivity contribution in [1.29, 1.82) is 0 Å². The minimum Gasteiger partial charge on any atom is -0.487 e. The second kappa shape index (κ2) is 5.90. The highest BCUT2D eigenvalue weighted by Crippen LogP contribution is 2.26. The molecule has 19 heavy (non-hydrogen) atoms. The van der Waals surface area contributed by atoms with Gasteiger partial charge in [0.2, 0.25) is 0 Å². The molecule has 5 heteroatoms. The van der Waals surface area contributed by atoms with E-state index in [1.807, 2.05) is 29.1 Å². The summed E-state index contributed by atoms with van der Waals surface area (Å²) in [6, 6.07) is 6.43. The summed E-state index contributed by atoms with van der Waals surface area (Å²) in [4.78, 5) is 4.21. The summed E-state index contributed by atoms with van der Waals surface area (Å²) in [5.74, 6) is 0.880. The van der Waals surface area contributed by atoms with E-state index in [9.17, 15) is 0 Å². The Bertz CT molecular complexity index is 540. The van der Waals surface area contributed by atoms with Crippen molar-refractivity contribution in [3.05, 3.63) is 45.4 Å². The number of hydrogen-bond acceptors (Lipinski definition) is 4. The SMILES string of the molecule is Clc1ccc(OCc2cscn2)c(CNC2CC2)c1. The molecule has 0 spiro atoms. The van der Waals surface area contributed by atoms with Crippen molar-refractivity contribution < 1.29 is 4.74 Å². The molecule has 0 atom stereocenters. The average molecular weight is 295 g/mol. The maximum Gasteiger partial charge on any atom is 0.131 e. The van der Waals surface area contributed by atoms with Crippen LogP contribution in [0.5, 0.6) is 5.75 Å². The number of nitrogens with one attached hydrogen (secondary N) is 1. The van der Waals surface area contributed by atoms with E-state index >= 15 is 0 Å². The van der Waals surface area contributed by atoms with Crippen LogP contribution in [-0.2, 0) is 13.2 Å². The normalized spacial score (nSPS) is 14.6. The third-order valence-corrected chi connectivity index (χ3v) is 3.91. The molecule has 2 aromatic rings. The highest BCUT2D eigenvalue weighted by Gasteiger charge is 2.20. The van der Waals surface area contributed by atoms with E-state index in [1.54, 1.807) is 11.3 Å². The van der Waals surface area contributed by atoms with Crippen molar-refractivity contribution >= 4 is 22.9 Å². The molecular weight excluding hydrogens is 280 g/mol. The van der Waals surface area contributed by atoms with Crippen molar-refractivity contribution in [2.75, 3.05) is 0 Å². The Hall–Kier alpha value is -1.10. The number of aromatic nitrogens is 1. The van der Waals surface area contributed by atoms with Gasteiger partial charge in [0.05, 0.1) is 11.2 Å². The molecule has 3 rings (SSSR count). The van der Waals surface area contributed by atoms with Gasteiger partial charge in [-0.05, 0) is 31.0 Å². The fourth-order valence-electron chi connectivity index (χ4n) is 1.83. The van der Waals surface area contributed by atoms with Gasteiger partial charge in [-0.2, -0.15) is 0 Å². The van der Waals surface area contributed by atoms with Crippen molar-refractivity contribution in [3.63, 3.8) is 0 Å². The number of halogens is 1. The second-order valence-electron chi connectivity index (χ2n) is 4.68. The molecule has 1 aliphatic rings. The van der Waals surface area contributed by atoms with Crippen LogP contribution in [0.3, 0.4) is 0 Å². The first kappa shape index (κ1) is 12.9. The fraction of sp³-hybridized carbons (Fsp3) is 0.357. The average Bonchev–Trinajstić information content (AvgIpc) is 3.10. The standard InChI is InChI=1S/C14H15ClN2OS/c15-11-1-4-14(18-7-13-8-19-9-17-13)10(5-11)6-16-12-2-3-12/h1,4-5,8-9,12,16H,2-3,6-7H2.